The van der Waals surface area contributed by atoms with Gasteiger partial charge >= 0.3 is 6.18 Å². The van der Waals surface area contributed by atoms with Crippen molar-refractivity contribution in [2.24, 2.45) is 0 Å². The van der Waals surface area contributed by atoms with E-state index in [-0.39, 0.29) is 11.4 Å². The van der Waals surface area contributed by atoms with E-state index in [1.54, 1.807) is 6.07 Å². The molecule has 0 bridgehead atoms. The Bertz CT molecular complexity index is 1100. The van der Waals surface area contributed by atoms with E-state index < -0.39 is 11.7 Å². The van der Waals surface area contributed by atoms with Crippen LogP contribution in [0.15, 0.2) is 24.5 Å². The van der Waals surface area contributed by atoms with Crippen molar-refractivity contribution in [1.29, 1.82) is 0 Å². The quantitative estimate of drug-likeness (QED) is 0.488. The molecule has 2 saturated heterocycles. The Hall–Kier alpha value is -2.52. The van der Waals surface area contributed by atoms with Crippen molar-refractivity contribution >= 4 is 5.91 Å². The number of unbranched alkanes of at least 4 members (excludes halogenated alkanes) is 1. The molecule has 2 aliphatic heterocycles. The number of hydrogen-bond donors (Lipinski definition) is 0. The molecule has 0 atom stereocenters. The molecule has 1 aromatic carbocycles. The molecule has 38 heavy (non-hydrogen) atoms. The third kappa shape index (κ3) is 6.37. The summed E-state index contributed by atoms with van der Waals surface area (Å²) in [6.07, 6.45) is 1.52. The molecular weight excluding hydrogens is 491 g/mol. The molecule has 208 valence electrons. The van der Waals surface area contributed by atoms with Gasteiger partial charge in [0.1, 0.15) is 6.33 Å². The summed E-state index contributed by atoms with van der Waals surface area (Å²) in [5.41, 5.74) is 3.36. The van der Waals surface area contributed by atoms with E-state index in [0.717, 1.165) is 74.4 Å². The van der Waals surface area contributed by atoms with Crippen LogP contribution in [-0.4, -0.2) is 75.4 Å². The van der Waals surface area contributed by atoms with E-state index >= 15 is 0 Å². The van der Waals surface area contributed by atoms with Crippen molar-refractivity contribution in [1.82, 2.24) is 24.7 Å². The number of rotatable bonds is 7. The molecule has 2 aromatic rings. The van der Waals surface area contributed by atoms with Gasteiger partial charge in [0.25, 0.3) is 5.91 Å². The highest BCUT2D eigenvalue weighted by molar-refractivity contribution is 5.96. The summed E-state index contributed by atoms with van der Waals surface area (Å²) >= 11 is 0. The minimum Gasteiger partial charge on any atom is -0.338 e. The average molecular weight is 532 g/mol. The molecule has 6 nitrogen and oxygen atoms in total. The van der Waals surface area contributed by atoms with E-state index in [0.29, 0.717) is 31.6 Å². The second-order valence-corrected chi connectivity index (χ2v) is 11.1. The summed E-state index contributed by atoms with van der Waals surface area (Å²) in [6, 6.07) is 4.25. The van der Waals surface area contributed by atoms with Crippen LogP contribution in [0.5, 0.6) is 0 Å². The van der Waals surface area contributed by atoms with E-state index in [2.05, 4.69) is 33.6 Å². The van der Waals surface area contributed by atoms with Crippen LogP contribution in [0.25, 0.3) is 0 Å². The van der Waals surface area contributed by atoms with Crippen molar-refractivity contribution in [2.75, 3.05) is 39.3 Å². The fourth-order valence-electron chi connectivity index (χ4n) is 5.81. The van der Waals surface area contributed by atoms with Gasteiger partial charge in [-0.2, -0.15) is 13.2 Å². The predicted molar refractivity (Wildman–Crippen MR) is 142 cm³/mol. The van der Waals surface area contributed by atoms with Crippen molar-refractivity contribution in [2.45, 2.75) is 78.1 Å². The number of piperidine rings is 1. The summed E-state index contributed by atoms with van der Waals surface area (Å²) in [4.78, 5) is 28.4. The maximum Gasteiger partial charge on any atom is 0.416 e. The Labute approximate surface area is 224 Å². The number of halogens is 3. The fraction of sp³-hybridized carbons (Fsp3) is 0.621. The second-order valence-electron chi connectivity index (χ2n) is 11.1. The zero-order chi connectivity index (χ0) is 27.5. The number of likely N-dealkylation sites (tertiary alicyclic amines) is 1. The Morgan fingerprint density at radius 1 is 0.974 bits per heavy atom. The number of aromatic nitrogens is 2. The topological polar surface area (TPSA) is 52.6 Å². The molecule has 0 radical (unpaired) electrons. The largest absolute Gasteiger partial charge is 0.416 e. The minimum atomic E-state index is -4.31. The molecule has 3 heterocycles. The molecule has 0 spiro atoms. The maximum atomic E-state index is 13.3. The number of alkyl halides is 3. The Morgan fingerprint density at radius 2 is 1.61 bits per heavy atom. The maximum absolute atomic E-state index is 13.3. The van der Waals surface area contributed by atoms with E-state index in [1.807, 2.05) is 18.7 Å². The molecule has 0 saturated carbocycles. The van der Waals surface area contributed by atoms with Gasteiger partial charge in [-0.25, -0.2) is 9.97 Å². The van der Waals surface area contributed by atoms with Crippen molar-refractivity contribution in [3.63, 3.8) is 0 Å². The van der Waals surface area contributed by atoms with Gasteiger partial charge in [-0.3, -0.25) is 14.6 Å². The van der Waals surface area contributed by atoms with Crippen LogP contribution in [-0.2, 0) is 19.1 Å². The number of hydrogen-bond acceptors (Lipinski definition) is 5. The first-order valence-corrected chi connectivity index (χ1v) is 13.8. The third-order valence-electron chi connectivity index (χ3n) is 8.43. The highest BCUT2D eigenvalue weighted by Gasteiger charge is 2.39. The average Bonchev–Trinajstić information content (AvgIpc) is 2.88. The summed E-state index contributed by atoms with van der Waals surface area (Å²) < 4.78 is 39.8. The standard InChI is InChI=1S/C29H40F3N5O/c1-5-6-7-23-18-25(29(30,31)32)9-8-24(23)19-35-14-16-37(17-15-35)28(4)10-12-36(13-11-28)27(38)26-21(2)33-20-34-22(26)3/h8-9,18,20H,5-7,10-17,19H2,1-4H3. The van der Waals surface area contributed by atoms with Gasteiger partial charge in [0.2, 0.25) is 0 Å². The van der Waals surface area contributed by atoms with E-state index in [1.165, 1.54) is 18.5 Å². The molecule has 4 rings (SSSR count). The van der Waals surface area contributed by atoms with E-state index in [9.17, 15) is 18.0 Å². The smallest absolute Gasteiger partial charge is 0.338 e. The third-order valence-corrected chi connectivity index (χ3v) is 8.43. The van der Waals surface area contributed by atoms with Crippen LogP contribution in [0, 0.1) is 13.8 Å². The highest BCUT2D eigenvalue weighted by atomic mass is 19.4. The zero-order valence-electron chi connectivity index (χ0n) is 23.1. The second kappa shape index (κ2) is 11.7. The molecule has 9 heteroatoms. The minimum absolute atomic E-state index is 0.0166. The molecular formula is C29H40F3N5O. The molecule has 0 N–H and O–H groups in total. The number of piperazine rings is 1. The van der Waals surface area contributed by atoms with Crippen molar-refractivity contribution < 1.29 is 18.0 Å². The lowest BCUT2D eigenvalue weighted by molar-refractivity contribution is -0.137. The Kier molecular flexibility index (Phi) is 8.77. The van der Waals surface area contributed by atoms with Gasteiger partial charge in [0, 0.05) is 51.4 Å². The first-order valence-electron chi connectivity index (χ1n) is 13.8. The monoisotopic (exact) mass is 531 g/mol. The number of aryl methyl sites for hydroxylation is 3. The molecule has 2 fully saturated rings. The van der Waals surface area contributed by atoms with Gasteiger partial charge < -0.3 is 4.90 Å². The van der Waals surface area contributed by atoms with Crippen molar-refractivity contribution in [3.8, 4) is 0 Å². The van der Waals surface area contributed by atoms with Gasteiger partial charge in [-0.15, -0.1) is 0 Å². The van der Waals surface area contributed by atoms with Crippen LogP contribution >= 0.6 is 0 Å². The van der Waals surface area contributed by atoms with Gasteiger partial charge in [0.05, 0.1) is 22.5 Å². The number of benzene rings is 1. The van der Waals surface area contributed by atoms with Crippen LogP contribution in [0.3, 0.4) is 0 Å². The van der Waals surface area contributed by atoms with Crippen molar-refractivity contribution in [3.05, 3.63) is 58.2 Å². The lowest BCUT2D eigenvalue weighted by Gasteiger charge is -2.50. The fourth-order valence-corrected chi connectivity index (χ4v) is 5.81. The molecule has 1 amide bonds. The number of carbonyl (C=O) groups is 1. The highest BCUT2D eigenvalue weighted by Crippen LogP contribution is 2.33. The predicted octanol–water partition coefficient (Wildman–Crippen LogP) is 5.27. The molecule has 0 unspecified atom stereocenters. The van der Waals surface area contributed by atoms with Crippen LogP contribution in [0.4, 0.5) is 13.2 Å². The van der Waals surface area contributed by atoms with Crippen LogP contribution in [0.1, 0.15) is 78.0 Å². The molecule has 2 aliphatic rings. The zero-order valence-corrected chi connectivity index (χ0v) is 23.1. The van der Waals surface area contributed by atoms with E-state index in [4.69, 9.17) is 0 Å². The number of amides is 1. The van der Waals surface area contributed by atoms with Gasteiger partial charge in [-0.05, 0) is 69.7 Å². The van der Waals surface area contributed by atoms with Gasteiger partial charge in [0.15, 0.2) is 0 Å². The lowest BCUT2D eigenvalue weighted by atomic mass is 9.86. The lowest BCUT2D eigenvalue weighted by Crippen LogP contribution is -2.59. The number of nitrogens with zero attached hydrogens (tertiary/aromatic N) is 5. The Balaban J connectivity index is 1.34. The summed E-state index contributed by atoms with van der Waals surface area (Å²) in [7, 11) is 0. The summed E-state index contributed by atoms with van der Waals surface area (Å²) in [5, 5.41) is 0. The first kappa shape index (κ1) is 28.5. The summed E-state index contributed by atoms with van der Waals surface area (Å²) in [6.45, 7) is 13.8. The SMILES string of the molecule is CCCCc1cc(C(F)(F)F)ccc1CN1CCN(C2(C)CCN(C(=O)c3c(C)ncnc3C)CC2)CC1. The molecule has 0 aliphatic carbocycles. The summed E-state index contributed by atoms with van der Waals surface area (Å²) in [5.74, 6) is 0.0166. The Morgan fingerprint density at radius 3 is 2.18 bits per heavy atom. The van der Waals surface area contributed by atoms with Crippen LogP contribution < -0.4 is 0 Å². The van der Waals surface area contributed by atoms with Gasteiger partial charge in [-0.1, -0.05) is 19.4 Å². The molecule has 1 aromatic heterocycles. The van der Waals surface area contributed by atoms with Crippen LogP contribution in [0.2, 0.25) is 0 Å². The number of carbonyl (C=O) groups excluding carboxylic acids is 1. The first-order chi connectivity index (χ1) is 18.0. The normalized spacial score (nSPS) is 19.1.